The lowest BCUT2D eigenvalue weighted by Gasteiger charge is -2.33. The molecule has 0 spiro atoms. The van der Waals surface area contributed by atoms with E-state index in [1.807, 2.05) is 24.3 Å². The van der Waals surface area contributed by atoms with Crippen LogP contribution in [0.2, 0.25) is 0 Å². The van der Waals surface area contributed by atoms with Crippen LogP contribution >= 0.6 is 0 Å². The molecular weight excluding hydrogens is 472 g/mol. The second-order valence-corrected chi connectivity index (χ2v) is 11.9. The topological polar surface area (TPSA) is 82.6 Å². The molecule has 1 aromatic heterocycles. The summed E-state index contributed by atoms with van der Waals surface area (Å²) in [5, 5.41) is 3.90. The number of rotatable bonds is 6. The molecule has 3 heterocycles. The Bertz CT molecular complexity index is 1350. The first-order valence-electron chi connectivity index (χ1n) is 12.9. The highest BCUT2D eigenvalue weighted by molar-refractivity contribution is 7.89. The average molecular weight is 507 g/mol. The van der Waals surface area contributed by atoms with Crippen LogP contribution in [0.15, 0.2) is 59.5 Å². The van der Waals surface area contributed by atoms with Crippen LogP contribution in [0.4, 0.5) is 5.82 Å². The zero-order valence-corrected chi connectivity index (χ0v) is 21.6. The van der Waals surface area contributed by atoms with Gasteiger partial charge in [-0.1, -0.05) is 36.2 Å². The van der Waals surface area contributed by atoms with Crippen LogP contribution in [0.3, 0.4) is 0 Å². The number of hydrogen-bond donors (Lipinski definition) is 1. The number of sulfonamides is 1. The fraction of sp³-hybridized carbons (Fsp3) is 0.429. The van der Waals surface area contributed by atoms with Gasteiger partial charge in [0.2, 0.25) is 15.9 Å². The number of carbonyl (C=O) groups excluding carboxylic acids is 1. The van der Waals surface area contributed by atoms with E-state index >= 15 is 0 Å². The van der Waals surface area contributed by atoms with Crippen LogP contribution in [-0.4, -0.2) is 49.8 Å². The summed E-state index contributed by atoms with van der Waals surface area (Å²) in [6.07, 6.45) is 4.70. The second kappa shape index (κ2) is 10.6. The maximum absolute atomic E-state index is 13.1. The van der Waals surface area contributed by atoms with E-state index < -0.39 is 10.0 Å². The normalized spacial score (nSPS) is 19.4. The molecule has 0 unspecified atom stereocenters. The molecule has 190 valence electrons. The summed E-state index contributed by atoms with van der Waals surface area (Å²) >= 11 is 0. The SMILES string of the molecule is Cc1cccc(CNC(=O)[C@@H]2CCCN(c3ccc4cc(S(=O)(=O)N5CCCCC5)ccc4n3)C2)c1. The molecule has 0 aliphatic carbocycles. The molecule has 2 saturated heterocycles. The monoisotopic (exact) mass is 506 g/mol. The van der Waals surface area contributed by atoms with E-state index in [1.54, 1.807) is 22.5 Å². The van der Waals surface area contributed by atoms with Crippen molar-refractivity contribution in [1.82, 2.24) is 14.6 Å². The maximum atomic E-state index is 13.1. The van der Waals surface area contributed by atoms with Crippen LogP contribution in [0.1, 0.15) is 43.2 Å². The van der Waals surface area contributed by atoms with Gasteiger partial charge in [0.05, 0.1) is 16.3 Å². The minimum atomic E-state index is -3.48. The number of aromatic nitrogens is 1. The largest absolute Gasteiger partial charge is 0.356 e. The van der Waals surface area contributed by atoms with Gasteiger partial charge < -0.3 is 10.2 Å². The van der Waals surface area contributed by atoms with Crippen molar-refractivity contribution in [2.75, 3.05) is 31.1 Å². The number of anilines is 1. The lowest BCUT2D eigenvalue weighted by molar-refractivity contribution is -0.125. The summed E-state index contributed by atoms with van der Waals surface area (Å²) < 4.78 is 27.7. The summed E-state index contributed by atoms with van der Waals surface area (Å²) in [6.45, 7) is 5.24. The quantitative estimate of drug-likeness (QED) is 0.541. The van der Waals surface area contributed by atoms with Crippen LogP contribution in [0.25, 0.3) is 10.9 Å². The molecule has 2 aromatic carbocycles. The predicted octanol–water partition coefficient (Wildman–Crippen LogP) is 4.25. The Balaban J connectivity index is 1.27. The number of hydrogen-bond acceptors (Lipinski definition) is 5. The van der Waals surface area contributed by atoms with Crippen LogP contribution in [0.5, 0.6) is 0 Å². The molecule has 0 radical (unpaired) electrons. The van der Waals surface area contributed by atoms with Gasteiger partial charge >= 0.3 is 0 Å². The van der Waals surface area contributed by atoms with Gasteiger partial charge in [0.1, 0.15) is 5.82 Å². The number of nitrogens with zero attached hydrogens (tertiary/aromatic N) is 3. The smallest absolute Gasteiger partial charge is 0.243 e. The van der Waals surface area contributed by atoms with Gasteiger partial charge in [-0.2, -0.15) is 4.31 Å². The Morgan fingerprint density at radius 3 is 2.64 bits per heavy atom. The van der Waals surface area contributed by atoms with Gasteiger partial charge in [0.15, 0.2) is 0 Å². The van der Waals surface area contributed by atoms with Crippen LogP contribution < -0.4 is 10.2 Å². The van der Waals surface area contributed by atoms with E-state index in [0.717, 1.165) is 60.9 Å². The lowest BCUT2D eigenvalue weighted by Crippen LogP contribution is -2.43. The molecule has 3 aromatic rings. The van der Waals surface area contributed by atoms with Gasteiger partial charge in [-0.3, -0.25) is 4.79 Å². The Morgan fingerprint density at radius 2 is 1.83 bits per heavy atom. The zero-order chi connectivity index (χ0) is 25.1. The van der Waals surface area contributed by atoms with E-state index in [2.05, 4.69) is 29.3 Å². The molecule has 36 heavy (non-hydrogen) atoms. The van der Waals surface area contributed by atoms with E-state index in [1.165, 1.54) is 5.56 Å². The molecule has 0 bridgehead atoms. The molecule has 5 rings (SSSR count). The molecule has 2 aliphatic rings. The Morgan fingerprint density at radius 1 is 1.00 bits per heavy atom. The van der Waals surface area contributed by atoms with Crippen molar-refractivity contribution in [1.29, 1.82) is 0 Å². The Kier molecular flexibility index (Phi) is 7.25. The number of piperidine rings is 2. The summed E-state index contributed by atoms with van der Waals surface area (Å²) in [6, 6.07) is 17.3. The fourth-order valence-corrected chi connectivity index (χ4v) is 6.79. The Labute approximate surface area is 213 Å². The highest BCUT2D eigenvalue weighted by atomic mass is 32.2. The van der Waals surface area contributed by atoms with Crippen molar-refractivity contribution in [2.45, 2.75) is 50.5 Å². The number of nitrogens with one attached hydrogen (secondary N) is 1. The van der Waals surface area contributed by atoms with Gasteiger partial charge in [-0.25, -0.2) is 13.4 Å². The van der Waals surface area contributed by atoms with Gasteiger partial charge in [0, 0.05) is 38.1 Å². The van der Waals surface area contributed by atoms with Crippen molar-refractivity contribution >= 4 is 32.7 Å². The zero-order valence-electron chi connectivity index (χ0n) is 20.8. The third-order valence-electron chi connectivity index (χ3n) is 7.26. The summed E-state index contributed by atoms with van der Waals surface area (Å²) in [5.74, 6) is 0.818. The van der Waals surface area contributed by atoms with E-state index in [0.29, 0.717) is 31.1 Å². The second-order valence-electron chi connectivity index (χ2n) is 9.98. The standard InChI is InChI=1S/C28H34N4O3S/c1-21-7-5-8-22(17-21)19-29-28(33)24-9-6-14-31(20-24)27-13-10-23-18-25(11-12-26(23)30-27)36(34,35)32-15-3-2-4-16-32/h5,7-8,10-13,17-18,24H,2-4,6,9,14-16,19-20H2,1H3,(H,29,33)/t24-/m1/s1. The van der Waals surface area contributed by atoms with Gasteiger partial charge in [0.25, 0.3) is 0 Å². The maximum Gasteiger partial charge on any atom is 0.243 e. The predicted molar refractivity (Wildman–Crippen MR) is 142 cm³/mol. The molecule has 2 fully saturated rings. The molecule has 2 aliphatic heterocycles. The summed E-state index contributed by atoms with van der Waals surface area (Å²) in [4.78, 5) is 20.2. The number of carbonyl (C=O) groups is 1. The number of pyridine rings is 1. The third kappa shape index (κ3) is 5.39. The van der Waals surface area contributed by atoms with Crippen molar-refractivity contribution in [3.05, 3.63) is 65.7 Å². The van der Waals surface area contributed by atoms with Crippen LogP contribution in [0, 0.1) is 12.8 Å². The van der Waals surface area contributed by atoms with Crippen molar-refractivity contribution < 1.29 is 13.2 Å². The molecule has 8 heteroatoms. The van der Waals surface area contributed by atoms with Gasteiger partial charge in [-0.05, 0) is 68.5 Å². The molecule has 0 saturated carbocycles. The average Bonchev–Trinajstić information content (AvgIpc) is 2.91. The minimum absolute atomic E-state index is 0.0783. The lowest BCUT2D eigenvalue weighted by atomic mass is 9.97. The van der Waals surface area contributed by atoms with E-state index in [9.17, 15) is 13.2 Å². The molecule has 1 N–H and O–H groups in total. The number of amides is 1. The molecule has 1 atom stereocenters. The van der Waals surface area contributed by atoms with Crippen LogP contribution in [-0.2, 0) is 21.4 Å². The van der Waals surface area contributed by atoms with Crippen molar-refractivity contribution in [2.24, 2.45) is 5.92 Å². The highest BCUT2D eigenvalue weighted by Gasteiger charge is 2.28. The number of fused-ring (bicyclic) bond motifs is 1. The first kappa shape index (κ1) is 24.7. The molecule has 7 nitrogen and oxygen atoms in total. The minimum Gasteiger partial charge on any atom is -0.356 e. The first-order chi connectivity index (χ1) is 17.4. The number of benzene rings is 2. The van der Waals surface area contributed by atoms with Crippen molar-refractivity contribution in [3.8, 4) is 0 Å². The Hall–Kier alpha value is -2.97. The third-order valence-corrected chi connectivity index (χ3v) is 9.16. The van der Waals surface area contributed by atoms with E-state index in [4.69, 9.17) is 4.98 Å². The molecule has 1 amide bonds. The fourth-order valence-electron chi connectivity index (χ4n) is 5.24. The van der Waals surface area contributed by atoms with Gasteiger partial charge in [-0.15, -0.1) is 0 Å². The molecular formula is C28H34N4O3S. The summed E-state index contributed by atoms with van der Waals surface area (Å²) in [5.41, 5.74) is 3.05. The van der Waals surface area contributed by atoms with E-state index in [-0.39, 0.29) is 11.8 Å². The first-order valence-corrected chi connectivity index (χ1v) is 14.3. The summed E-state index contributed by atoms with van der Waals surface area (Å²) in [7, 11) is -3.48. The van der Waals surface area contributed by atoms with Crippen molar-refractivity contribution in [3.63, 3.8) is 0 Å². The highest BCUT2D eigenvalue weighted by Crippen LogP contribution is 2.27. The number of aryl methyl sites for hydroxylation is 1.